The molecule has 3 rings (SSSR count). The number of halogens is 1. The molecule has 18 N–H and O–H groups in total. The molecule has 25 nitrogen and oxygen atoms in total. The predicted octanol–water partition coefficient (Wildman–Crippen LogP) is -1.23. The van der Waals surface area contributed by atoms with Gasteiger partial charge in [-0.2, -0.15) is 0 Å². The van der Waals surface area contributed by atoms with Gasteiger partial charge in [0.15, 0.2) is 11.6 Å². The second kappa shape index (κ2) is 37.6. The fraction of sp³-hybridized carbons (Fsp3) is 0.610. The van der Waals surface area contributed by atoms with Gasteiger partial charge in [-0.05, 0) is 108 Å². The second-order valence-corrected chi connectivity index (χ2v) is 22.6. The first-order chi connectivity index (χ1) is 40.4. The van der Waals surface area contributed by atoms with E-state index in [0.29, 0.717) is 22.6 Å². The van der Waals surface area contributed by atoms with Crippen molar-refractivity contribution in [2.24, 2.45) is 46.6 Å². The van der Waals surface area contributed by atoms with Crippen molar-refractivity contribution in [2.75, 3.05) is 32.7 Å². The lowest BCUT2D eigenvalue weighted by Gasteiger charge is -2.28. The summed E-state index contributed by atoms with van der Waals surface area (Å²) in [6, 6.07) is 5.58. The molecule has 85 heavy (non-hydrogen) atoms. The zero-order valence-corrected chi connectivity index (χ0v) is 50.3. The van der Waals surface area contributed by atoms with Crippen LogP contribution in [-0.2, 0) is 65.6 Å². The van der Waals surface area contributed by atoms with E-state index in [1.54, 1.807) is 61.5 Å². The number of Topliss-reactive ketones (excluding diaryl/α,β-unsaturated/α-hetero) is 3. The Labute approximate surface area is 502 Å². The number of carbonyl (C=O) groups excluding carboxylic acids is 11. The van der Waals surface area contributed by atoms with Gasteiger partial charge in [0.05, 0.1) is 24.2 Å². The summed E-state index contributed by atoms with van der Waals surface area (Å²) < 4.78 is 0. The average molecular weight is 1210 g/mol. The molecule has 1 aliphatic rings. The molecule has 12 atom stereocenters. The standard InChI is InChI=1S/C59H91ClN12O13/c1-6-12-44-55(81)66-43(19-24-63)49(76)32-41(34(4)73)54(80)65-26-21-46(57(83)69-45(20-25-64)56(82)71-48(28-36-13-8-7-9-14-36)59(85)70-47(27-33(2)3)58(84)68-44)67-52(78)39(18-23-62)31-50(77)51(35(5)74)72-53(79)38(17-22-61)30-40(75)29-37-15-10-11-16-42(37)60/h7-11,13-16,33-35,38-39,41,43-48,51,73-74H,6,12,17-32,61-64H2,1-5H3,(H,65,80)(H,66,81)(H,67,78)(H,68,84)(H,69,83)(H,70,85)(H,71,82)(H,72,79)/t34-,35-,38-,39-,41+,43+,44+,45+,46+,47+,48-,51+/m1/s1. The lowest BCUT2D eigenvalue weighted by atomic mass is 9.91. The highest BCUT2D eigenvalue weighted by molar-refractivity contribution is 6.31. The highest BCUT2D eigenvalue weighted by Gasteiger charge is 2.38. The molecule has 1 heterocycles. The summed E-state index contributed by atoms with van der Waals surface area (Å²) in [6.07, 6.45) is -4.81. The van der Waals surface area contributed by atoms with Crippen LogP contribution in [0.5, 0.6) is 0 Å². The Bertz CT molecular complexity index is 2560. The smallest absolute Gasteiger partial charge is 0.243 e. The molecule has 8 amide bonds. The normalized spacial score (nSPS) is 22.6. The number of carbonyl (C=O) groups is 11. The van der Waals surface area contributed by atoms with E-state index >= 15 is 0 Å². The van der Waals surface area contributed by atoms with Crippen molar-refractivity contribution in [1.29, 1.82) is 0 Å². The van der Waals surface area contributed by atoms with Gasteiger partial charge in [0.25, 0.3) is 0 Å². The highest BCUT2D eigenvalue weighted by Crippen LogP contribution is 2.21. The van der Waals surface area contributed by atoms with Gasteiger partial charge in [-0.25, -0.2) is 0 Å². The number of amides is 8. The molecule has 0 spiro atoms. The summed E-state index contributed by atoms with van der Waals surface area (Å²) in [4.78, 5) is 155. The monoisotopic (exact) mass is 1210 g/mol. The lowest BCUT2D eigenvalue weighted by Crippen LogP contribution is -2.60. The summed E-state index contributed by atoms with van der Waals surface area (Å²) >= 11 is 6.26. The summed E-state index contributed by atoms with van der Waals surface area (Å²) in [5, 5.41) is 43.3. The second-order valence-electron chi connectivity index (χ2n) is 22.2. The SMILES string of the molecule is CCC[C@@H]1NC(=O)[C@H](CC(C)C)NC(=O)[C@@H](Cc2ccccc2)NC(=O)[C@H](CCN)NC(=O)[C@@H](NC(=O)[C@H](CCN)CC(=O)[C@@H](NC(=O)[C@H](CCN)CC(=O)Cc2ccccc2Cl)[C@@H](C)O)CCNC(=O)[C@H]([C@@H](C)O)CC(=O)[C@H](CCN)NC1=O. The van der Waals surface area contributed by atoms with E-state index in [2.05, 4.69) is 42.5 Å². The van der Waals surface area contributed by atoms with Gasteiger partial charge in [0.1, 0.15) is 42.0 Å². The predicted molar refractivity (Wildman–Crippen MR) is 318 cm³/mol. The van der Waals surface area contributed by atoms with Gasteiger partial charge in [0, 0.05) is 55.5 Å². The van der Waals surface area contributed by atoms with Crippen molar-refractivity contribution in [1.82, 2.24) is 42.5 Å². The summed E-state index contributed by atoms with van der Waals surface area (Å²) in [6.45, 7) is 7.11. The topological polar surface area (TPSA) is 429 Å². The minimum atomic E-state index is -1.61. The Balaban J connectivity index is 2.08. The van der Waals surface area contributed by atoms with Gasteiger partial charge in [-0.3, -0.25) is 52.7 Å². The maximum absolute atomic E-state index is 14.6. The van der Waals surface area contributed by atoms with Crippen LogP contribution in [-0.4, -0.2) is 162 Å². The third-order valence-corrected chi connectivity index (χ3v) is 15.0. The number of benzene rings is 2. The van der Waals surface area contributed by atoms with Crippen molar-refractivity contribution in [3.05, 3.63) is 70.7 Å². The highest BCUT2D eigenvalue weighted by atomic mass is 35.5. The lowest BCUT2D eigenvalue weighted by molar-refractivity contribution is -0.137. The Morgan fingerprint density at radius 1 is 0.635 bits per heavy atom. The molecule has 2 aromatic carbocycles. The number of aliphatic hydroxyl groups excluding tert-OH is 2. The third-order valence-electron chi connectivity index (χ3n) is 14.6. The number of hydrogen-bond acceptors (Lipinski definition) is 17. The zero-order chi connectivity index (χ0) is 63.3. The third kappa shape index (κ3) is 24.6. The molecule has 1 saturated heterocycles. The minimum Gasteiger partial charge on any atom is -0.393 e. The van der Waals surface area contributed by atoms with Crippen LogP contribution in [0.25, 0.3) is 0 Å². The Morgan fingerprint density at radius 2 is 1.16 bits per heavy atom. The molecule has 0 aliphatic carbocycles. The number of nitrogens with two attached hydrogens (primary N) is 4. The molecule has 26 heteroatoms. The van der Waals surface area contributed by atoms with Crippen molar-refractivity contribution < 1.29 is 63.0 Å². The minimum absolute atomic E-state index is 0.00262. The first-order valence-electron chi connectivity index (χ1n) is 29.3. The number of rotatable bonds is 27. The van der Waals surface area contributed by atoms with Crippen molar-refractivity contribution in [2.45, 2.75) is 173 Å². The van der Waals surface area contributed by atoms with Crippen LogP contribution >= 0.6 is 11.6 Å². The molecule has 2 aromatic rings. The fourth-order valence-corrected chi connectivity index (χ4v) is 10.0. The molecular formula is C59H91ClN12O13. The zero-order valence-electron chi connectivity index (χ0n) is 49.5. The quantitative estimate of drug-likeness (QED) is 0.0498. The largest absolute Gasteiger partial charge is 0.393 e. The van der Waals surface area contributed by atoms with Crippen LogP contribution in [0.15, 0.2) is 54.6 Å². The molecule has 1 fully saturated rings. The van der Waals surface area contributed by atoms with Gasteiger partial charge >= 0.3 is 0 Å². The van der Waals surface area contributed by atoms with Gasteiger partial charge in [-0.15, -0.1) is 0 Å². The van der Waals surface area contributed by atoms with E-state index in [1.807, 2.05) is 13.8 Å². The van der Waals surface area contributed by atoms with E-state index in [4.69, 9.17) is 34.5 Å². The average Bonchev–Trinajstić information content (AvgIpc) is 3.68. The number of nitrogens with one attached hydrogen (secondary N) is 8. The summed E-state index contributed by atoms with van der Waals surface area (Å²) in [7, 11) is 0. The number of aliphatic hydroxyl groups is 2. The van der Waals surface area contributed by atoms with E-state index in [0.717, 1.165) is 0 Å². The van der Waals surface area contributed by atoms with Crippen LogP contribution < -0.4 is 65.5 Å². The van der Waals surface area contributed by atoms with Crippen LogP contribution in [0, 0.1) is 23.7 Å². The maximum atomic E-state index is 14.6. The van der Waals surface area contributed by atoms with E-state index in [9.17, 15) is 63.0 Å². The number of hydrogen-bond donors (Lipinski definition) is 14. The van der Waals surface area contributed by atoms with Crippen molar-refractivity contribution >= 4 is 76.2 Å². The molecular weight excluding hydrogens is 1120 g/mol. The Morgan fingerprint density at radius 3 is 1.74 bits per heavy atom. The van der Waals surface area contributed by atoms with E-state index in [1.165, 1.54) is 13.8 Å². The Hall–Kier alpha value is -6.74. The maximum Gasteiger partial charge on any atom is 0.243 e. The van der Waals surface area contributed by atoms with Crippen LogP contribution in [0.4, 0.5) is 0 Å². The van der Waals surface area contributed by atoms with E-state index < -0.39 is 157 Å². The van der Waals surface area contributed by atoms with Gasteiger partial charge in [-0.1, -0.05) is 87.3 Å². The summed E-state index contributed by atoms with van der Waals surface area (Å²) in [5.41, 5.74) is 24.8. The molecule has 0 saturated carbocycles. The molecule has 0 aromatic heterocycles. The van der Waals surface area contributed by atoms with E-state index in [-0.39, 0.29) is 95.7 Å². The van der Waals surface area contributed by atoms with Crippen LogP contribution in [0.2, 0.25) is 5.02 Å². The molecule has 0 radical (unpaired) electrons. The van der Waals surface area contributed by atoms with Crippen LogP contribution in [0.1, 0.15) is 116 Å². The Kier molecular flexibility index (Phi) is 32.1. The van der Waals surface area contributed by atoms with Crippen molar-refractivity contribution in [3.63, 3.8) is 0 Å². The summed E-state index contributed by atoms with van der Waals surface area (Å²) in [5.74, 6) is -12.4. The first-order valence-corrected chi connectivity index (χ1v) is 29.7. The molecule has 0 bridgehead atoms. The van der Waals surface area contributed by atoms with Crippen LogP contribution in [0.3, 0.4) is 0 Å². The molecule has 0 unspecified atom stereocenters. The fourth-order valence-electron chi connectivity index (χ4n) is 9.83. The number of ketones is 3. The van der Waals surface area contributed by atoms with Gasteiger partial charge < -0.3 is 75.7 Å². The molecule has 1 aliphatic heterocycles. The first kappa shape index (κ1) is 72.5. The molecule has 472 valence electrons. The van der Waals surface area contributed by atoms with Crippen molar-refractivity contribution in [3.8, 4) is 0 Å². The van der Waals surface area contributed by atoms with Gasteiger partial charge in [0.2, 0.25) is 47.3 Å².